The number of aromatic nitrogens is 2. The lowest BCUT2D eigenvalue weighted by Gasteiger charge is -2.46. The first kappa shape index (κ1) is 13.6. The molecule has 2 unspecified atom stereocenters. The number of ketones is 1. The van der Waals surface area contributed by atoms with E-state index in [2.05, 4.69) is 10.4 Å². The number of sulfone groups is 1. The topological polar surface area (TPSA) is 90.3 Å². The van der Waals surface area contributed by atoms with E-state index in [1.165, 1.54) is 17.9 Å². The van der Waals surface area contributed by atoms with Crippen LogP contribution in [-0.4, -0.2) is 43.0 Å². The quantitative estimate of drug-likeness (QED) is 0.836. The molecule has 2 fully saturated rings. The van der Waals surface area contributed by atoms with E-state index in [-0.39, 0.29) is 16.7 Å². The van der Waals surface area contributed by atoms with Crippen LogP contribution in [0.25, 0.3) is 0 Å². The van der Waals surface area contributed by atoms with Gasteiger partial charge in [0.25, 0.3) is 0 Å². The van der Waals surface area contributed by atoms with Crippen molar-refractivity contribution in [3.05, 3.63) is 6.07 Å². The normalized spacial score (nSPS) is 29.7. The fraction of sp³-hybridized carbons (Fsp3) is 0.667. The van der Waals surface area contributed by atoms with Crippen molar-refractivity contribution in [2.45, 2.75) is 29.7 Å². The Morgan fingerprint density at radius 3 is 2.75 bits per heavy atom. The van der Waals surface area contributed by atoms with Gasteiger partial charge in [0.2, 0.25) is 15.7 Å². The number of nitrogens with one attached hydrogen (secondary N) is 1. The molecule has 0 radical (unpaired) electrons. The third-order valence-corrected chi connectivity index (χ3v) is 6.52. The van der Waals surface area contributed by atoms with Gasteiger partial charge < -0.3 is 4.74 Å². The van der Waals surface area contributed by atoms with Gasteiger partial charge in [0.1, 0.15) is 11.2 Å². The Balaban J connectivity index is 1.96. The average molecular weight is 299 g/mol. The molecular weight excluding hydrogens is 282 g/mol. The molecule has 1 aliphatic carbocycles. The van der Waals surface area contributed by atoms with Gasteiger partial charge in [0, 0.05) is 37.9 Å². The summed E-state index contributed by atoms with van der Waals surface area (Å²) in [6.07, 6.45) is 1.46. The summed E-state index contributed by atoms with van der Waals surface area (Å²) in [5.41, 5.74) is -0.437. The summed E-state index contributed by atoms with van der Waals surface area (Å²) < 4.78 is 31.8. The van der Waals surface area contributed by atoms with Crippen molar-refractivity contribution in [2.24, 2.45) is 12.5 Å². The molecule has 0 bridgehead atoms. The Kier molecular flexibility index (Phi) is 2.91. The summed E-state index contributed by atoms with van der Waals surface area (Å²) in [6, 6.07) is 1.42. The first-order valence-electron chi connectivity index (χ1n) is 6.46. The molecule has 1 aromatic heterocycles. The molecule has 1 saturated carbocycles. The highest BCUT2D eigenvalue weighted by Gasteiger charge is 2.57. The highest BCUT2D eigenvalue weighted by Crippen LogP contribution is 2.47. The molecule has 7 nitrogen and oxygen atoms in total. The smallest absolute Gasteiger partial charge is 0.233 e. The molecule has 1 N–H and O–H groups in total. The zero-order valence-corrected chi connectivity index (χ0v) is 12.2. The average Bonchev–Trinajstić information content (AvgIpc) is 2.92. The van der Waals surface area contributed by atoms with Crippen molar-refractivity contribution >= 4 is 15.6 Å². The van der Waals surface area contributed by atoms with Gasteiger partial charge >= 0.3 is 0 Å². The second-order valence-corrected chi connectivity index (χ2v) is 7.51. The van der Waals surface area contributed by atoms with Crippen LogP contribution in [0.4, 0.5) is 0 Å². The van der Waals surface area contributed by atoms with E-state index in [0.29, 0.717) is 25.8 Å². The van der Waals surface area contributed by atoms with Crippen molar-refractivity contribution in [2.75, 3.05) is 13.7 Å². The number of aryl methyl sites for hydroxylation is 1. The van der Waals surface area contributed by atoms with Gasteiger partial charge in [0.15, 0.2) is 5.03 Å². The number of rotatable bonds is 3. The maximum Gasteiger partial charge on any atom is 0.233 e. The second-order valence-electron chi connectivity index (χ2n) is 5.53. The lowest BCUT2D eigenvalue weighted by molar-refractivity contribution is -0.118. The molecule has 2 atom stereocenters. The summed E-state index contributed by atoms with van der Waals surface area (Å²) in [4.78, 5) is 11.5. The van der Waals surface area contributed by atoms with Crippen LogP contribution in [0, 0.1) is 5.41 Å². The summed E-state index contributed by atoms with van der Waals surface area (Å²) in [5, 5.41) is 6.37. The SMILES string of the molecule is COc1cc(S(=O)(=O)C2NCC23CCC(=O)C3)n(C)n1. The predicted molar refractivity (Wildman–Crippen MR) is 70.0 cm³/mol. The largest absolute Gasteiger partial charge is 0.480 e. The van der Waals surface area contributed by atoms with Crippen LogP contribution < -0.4 is 10.1 Å². The predicted octanol–water partition coefficient (Wildman–Crippen LogP) is -0.129. The molecule has 1 saturated heterocycles. The van der Waals surface area contributed by atoms with E-state index >= 15 is 0 Å². The molecule has 0 amide bonds. The van der Waals surface area contributed by atoms with Crippen LogP contribution in [0.15, 0.2) is 11.1 Å². The van der Waals surface area contributed by atoms with E-state index in [4.69, 9.17) is 4.74 Å². The highest BCUT2D eigenvalue weighted by atomic mass is 32.2. The minimum atomic E-state index is -3.58. The molecule has 20 heavy (non-hydrogen) atoms. The van der Waals surface area contributed by atoms with Crippen molar-refractivity contribution < 1.29 is 17.9 Å². The Labute approximate surface area is 117 Å². The fourth-order valence-corrected chi connectivity index (χ4v) is 5.32. The first-order chi connectivity index (χ1) is 9.39. The summed E-state index contributed by atoms with van der Waals surface area (Å²) in [7, 11) is -0.568. The third kappa shape index (κ3) is 1.78. The molecular formula is C12H17N3O4S. The standard InChI is InChI=1S/C12H17N3O4S/c1-15-10(5-9(14-15)19-2)20(17,18)11-12(7-13-11)4-3-8(16)6-12/h5,11,13H,3-4,6-7H2,1-2H3. The van der Waals surface area contributed by atoms with Crippen molar-refractivity contribution in [3.63, 3.8) is 0 Å². The van der Waals surface area contributed by atoms with E-state index in [9.17, 15) is 13.2 Å². The van der Waals surface area contributed by atoms with Crippen LogP contribution in [0.1, 0.15) is 19.3 Å². The van der Waals surface area contributed by atoms with Gasteiger partial charge in [-0.25, -0.2) is 8.42 Å². The van der Waals surface area contributed by atoms with Gasteiger partial charge in [-0.05, 0) is 6.42 Å². The van der Waals surface area contributed by atoms with Crippen LogP contribution >= 0.6 is 0 Å². The van der Waals surface area contributed by atoms with E-state index in [1.54, 1.807) is 7.05 Å². The van der Waals surface area contributed by atoms with Gasteiger partial charge in [-0.15, -0.1) is 5.10 Å². The highest BCUT2D eigenvalue weighted by molar-refractivity contribution is 7.92. The second kappa shape index (κ2) is 4.29. The zero-order valence-electron chi connectivity index (χ0n) is 11.4. The lowest BCUT2D eigenvalue weighted by Crippen LogP contribution is -2.64. The van der Waals surface area contributed by atoms with Gasteiger partial charge in [-0.2, -0.15) is 0 Å². The van der Waals surface area contributed by atoms with Crippen molar-refractivity contribution in [1.29, 1.82) is 0 Å². The zero-order chi connectivity index (χ0) is 14.5. The monoisotopic (exact) mass is 299 g/mol. The number of carbonyl (C=O) groups is 1. The van der Waals surface area contributed by atoms with Crippen LogP contribution in [0.3, 0.4) is 0 Å². The van der Waals surface area contributed by atoms with Gasteiger partial charge in [0.05, 0.1) is 7.11 Å². The number of methoxy groups -OCH3 is 1. The lowest BCUT2D eigenvalue weighted by atomic mass is 9.80. The van der Waals surface area contributed by atoms with Crippen LogP contribution in [-0.2, 0) is 21.7 Å². The molecule has 1 aliphatic heterocycles. The van der Waals surface area contributed by atoms with Gasteiger partial charge in [-0.3, -0.25) is 14.8 Å². The Bertz CT molecular complexity index is 666. The number of hydrogen-bond acceptors (Lipinski definition) is 6. The molecule has 8 heteroatoms. The fourth-order valence-electron chi connectivity index (χ4n) is 3.16. The molecule has 0 aromatic carbocycles. The Morgan fingerprint density at radius 2 is 2.30 bits per heavy atom. The third-order valence-electron chi connectivity index (χ3n) is 4.27. The van der Waals surface area contributed by atoms with Crippen LogP contribution in [0.2, 0.25) is 0 Å². The molecule has 1 spiro atoms. The Hall–Kier alpha value is -1.41. The first-order valence-corrected chi connectivity index (χ1v) is 8.01. The number of Topliss-reactive ketones (excluding diaryl/α,β-unsaturated/α-hetero) is 1. The van der Waals surface area contributed by atoms with Crippen LogP contribution in [0.5, 0.6) is 5.88 Å². The number of nitrogens with zero attached hydrogens (tertiary/aromatic N) is 2. The molecule has 3 rings (SSSR count). The molecule has 110 valence electrons. The maximum absolute atomic E-state index is 12.7. The Morgan fingerprint density at radius 1 is 1.55 bits per heavy atom. The summed E-state index contributed by atoms with van der Waals surface area (Å²) in [5.74, 6) is 0.413. The molecule has 2 heterocycles. The molecule has 2 aliphatic rings. The molecule has 1 aromatic rings. The van der Waals surface area contributed by atoms with Crippen molar-refractivity contribution in [3.8, 4) is 5.88 Å². The van der Waals surface area contributed by atoms with E-state index in [0.717, 1.165) is 0 Å². The van der Waals surface area contributed by atoms with E-state index < -0.39 is 20.6 Å². The van der Waals surface area contributed by atoms with Crippen molar-refractivity contribution in [1.82, 2.24) is 15.1 Å². The number of ether oxygens (including phenoxy) is 1. The minimum Gasteiger partial charge on any atom is -0.480 e. The number of hydrogen-bond donors (Lipinski definition) is 1. The van der Waals surface area contributed by atoms with E-state index in [1.807, 2.05) is 0 Å². The number of carbonyl (C=O) groups excluding carboxylic acids is 1. The maximum atomic E-state index is 12.7. The van der Waals surface area contributed by atoms with Gasteiger partial charge in [-0.1, -0.05) is 0 Å². The summed E-state index contributed by atoms with van der Waals surface area (Å²) >= 11 is 0. The minimum absolute atomic E-state index is 0.116. The summed E-state index contributed by atoms with van der Waals surface area (Å²) in [6.45, 7) is 0.581.